The summed E-state index contributed by atoms with van der Waals surface area (Å²) in [6.07, 6.45) is -0.438. The van der Waals surface area contributed by atoms with E-state index in [1.807, 2.05) is 30.3 Å². The number of guanidine groups is 1. The van der Waals surface area contributed by atoms with Crippen LogP contribution >= 0.6 is 22.6 Å². The second-order valence-corrected chi connectivity index (χ2v) is 4.83. The molecule has 5 nitrogen and oxygen atoms in total. The van der Waals surface area contributed by atoms with E-state index in [2.05, 4.69) is 27.6 Å². The van der Waals surface area contributed by atoms with Crippen LogP contribution in [0.4, 0.5) is 4.79 Å². The first kappa shape index (κ1) is 13.1. The summed E-state index contributed by atoms with van der Waals surface area (Å²) in [5.41, 5.74) is 6.64. The van der Waals surface area contributed by atoms with Crippen molar-refractivity contribution in [1.82, 2.24) is 4.90 Å². The van der Waals surface area contributed by atoms with Gasteiger partial charge in [0.15, 0.2) is 0 Å². The summed E-state index contributed by atoms with van der Waals surface area (Å²) in [5, 5.41) is 0. The van der Waals surface area contributed by atoms with Gasteiger partial charge in [-0.1, -0.05) is 52.9 Å². The third-order valence-electron chi connectivity index (χ3n) is 2.59. The van der Waals surface area contributed by atoms with Crippen LogP contribution in [0.3, 0.4) is 0 Å². The number of ether oxygens (including phenoxy) is 1. The lowest BCUT2D eigenvalue weighted by Gasteiger charge is -2.16. The Morgan fingerprint density at radius 3 is 2.83 bits per heavy atom. The summed E-state index contributed by atoms with van der Waals surface area (Å²) in [5.74, 6) is 0.245. The van der Waals surface area contributed by atoms with Crippen molar-refractivity contribution in [3.05, 3.63) is 35.9 Å². The van der Waals surface area contributed by atoms with Crippen LogP contribution in [0.15, 0.2) is 35.3 Å². The summed E-state index contributed by atoms with van der Waals surface area (Å²) >= 11 is 2.22. The van der Waals surface area contributed by atoms with Crippen LogP contribution in [0.25, 0.3) is 0 Å². The second kappa shape index (κ2) is 6.03. The zero-order valence-electron chi connectivity index (χ0n) is 9.75. The Hall–Kier alpha value is -1.31. The Bertz CT molecular complexity index is 450. The first-order valence-corrected chi connectivity index (χ1v) is 7.10. The summed E-state index contributed by atoms with van der Waals surface area (Å²) in [7, 11) is 0. The van der Waals surface area contributed by atoms with Gasteiger partial charge in [0.1, 0.15) is 6.61 Å². The SMILES string of the molecule is NC1=NC(CI)CN1C(=O)OCc1ccccc1. The lowest BCUT2D eigenvalue weighted by molar-refractivity contribution is 0.117. The number of aliphatic imine (C=N–C) groups is 1. The molecule has 6 heteroatoms. The van der Waals surface area contributed by atoms with Crippen LogP contribution < -0.4 is 5.73 Å². The van der Waals surface area contributed by atoms with Crippen molar-refractivity contribution >= 4 is 34.6 Å². The molecular weight excluding hydrogens is 345 g/mol. The maximum Gasteiger partial charge on any atom is 0.417 e. The quantitative estimate of drug-likeness (QED) is 0.661. The highest BCUT2D eigenvalue weighted by molar-refractivity contribution is 14.1. The monoisotopic (exact) mass is 359 g/mol. The van der Waals surface area contributed by atoms with Crippen LogP contribution in [0, 0.1) is 0 Å². The van der Waals surface area contributed by atoms with Crippen LogP contribution in [0.5, 0.6) is 0 Å². The first-order chi connectivity index (χ1) is 8.70. The number of nitrogens with two attached hydrogens (primary N) is 1. The third kappa shape index (κ3) is 3.12. The van der Waals surface area contributed by atoms with Crippen molar-refractivity contribution in [2.75, 3.05) is 11.0 Å². The van der Waals surface area contributed by atoms with Crippen molar-refractivity contribution in [2.45, 2.75) is 12.6 Å². The van der Waals surface area contributed by atoms with Crippen molar-refractivity contribution in [3.8, 4) is 0 Å². The Labute approximate surface area is 119 Å². The molecule has 1 atom stereocenters. The molecular formula is C12H14IN3O2. The van der Waals surface area contributed by atoms with Crippen molar-refractivity contribution in [2.24, 2.45) is 10.7 Å². The average Bonchev–Trinajstić information content (AvgIpc) is 2.78. The molecule has 0 saturated heterocycles. The van der Waals surface area contributed by atoms with Crippen molar-refractivity contribution in [3.63, 3.8) is 0 Å². The molecule has 0 aliphatic carbocycles. The normalized spacial score (nSPS) is 18.6. The number of nitrogens with zero attached hydrogens (tertiary/aromatic N) is 2. The molecule has 0 fully saturated rings. The predicted octanol–water partition coefficient (Wildman–Crippen LogP) is 1.76. The average molecular weight is 359 g/mol. The lowest BCUT2D eigenvalue weighted by Crippen LogP contribution is -2.40. The minimum atomic E-state index is -0.438. The molecule has 0 spiro atoms. The molecule has 0 aromatic heterocycles. The molecule has 1 amide bonds. The highest BCUT2D eigenvalue weighted by Crippen LogP contribution is 2.11. The Kier molecular flexibility index (Phi) is 4.40. The van der Waals surface area contributed by atoms with Gasteiger partial charge in [-0.25, -0.2) is 14.7 Å². The molecule has 0 saturated carbocycles. The molecule has 18 heavy (non-hydrogen) atoms. The Morgan fingerprint density at radius 1 is 1.50 bits per heavy atom. The van der Waals surface area contributed by atoms with Gasteiger partial charge in [-0.05, 0) is 5.56 Å². The highest BCUT2D eigenvalue weighted by atomic mass is 127. The molecule has 2 rings (SSSR count). The number of carbonyl (C=O) groups is 1. The fraction of sp³-hybridized carbons (Fsp3) is 0.333. The highest BCUT2D eigenvalue weighted by Gasteiger charge is 2.28. The largest absolute Gasteiger partial charge is 0.444 e. The number of rotatable bonds is 3. The summed E-state index contributed by atoms with van der Waals surface area (Å²) in [6, 6.07) is 9.61. The van der Waals surface area contributed by atoms with Gasteiger partial charge in [0, 0.05) is 4.43 Å². The van der Waals surface area contributed by atoms with Gasteiger partial charge in [-0.3, -0.25) is 0 Å². The standard InChI is InChI=1S/C12H14IN3O2/c13-6-10-7-16(11(14)15-10)12(17)18-8-9-4-2-1-3-5-9/h1-5,10H,6-8H2,(H2,14,15). The second-order valence-electron chi connectivity index (χ2n) is 3.95. The van der Waals surface area contributed by atoms with E-state index < -0.39 is 6.09 Å². The van der Waals surface area contributed by atoms with E-state index in [0.717, 1.165) is 9.99 Å². The van der Waals surface area contributed by atoms with E-state index in [-0.39, 0.29) is 18.6 Å². The van der Waals surface area contributed by atoms with Gasteiger partial charge in [0.25, 0.3) is 0 Å². The molecule has 2 N–H and O–H groups in total. The molecule has 1 aromatic carbocycles. The summed E-state index contributed by atoms with van der Waals surface area (Å²) < 4.78 is 6.03. The topological polar surface area (TPSA) is 67.9 Å². The maximum absolute atomic E-state index is 11.8. The number of hydrogen-bond donors (Lipinski definition) is 1. The van der Waals surface area contributed by atoms with E-state index in [4.69, 9.17) is 10.5 Å². The molecule has 0 radical (unpaired) electrons. The zero-order valence-corrected chi connectivity index (χ0v) is 11.9. The number of hydrogen-bond acceptors (Lipinski definition) is 4. The van der Waals surface area contributed by atoms with Crippen LogP contribution in [0.1, 0.15) is 5.56 Å². The number of benzene rings is 1. The minimum Gasteiger partial charge on any atom is -0.444 e. The number of amides is 1. The van der Waals surface area contributed by atoms with Crippen LogP contribution in [0.2, 0.25) is 0 Å². The number of alkyl halides is 1. The minimum absolute atomic E-state index is 0.0786. The Balaban J connectivity index is 1.88. The van der Waals surface area contributed by atoms with Gasteiger partial charge in [-0.15, -0.1) is 0 Å². The predicted molar refractivity (Wildman–Crippen MR) is 77.6 cm³/mol. The fourth-order valence-electron chi connectivity index (χ4n) is 1.65. The first-order valence-electron chi connectivity index (χ1n) is 5.58. The maximum atomic E-state index is 11.8. The Morgan fingerprint density at radius 2 is 2.22 bits per heavy atom. The molecule has 1 aliphatic rings. The van der Waals surface area contributed by atoms with Gasteiger partial charge in [-0.2, -0.15) is 0 Å². The zero-order chi connectivity index (χ0) is 13.0. The van der Waals surface area contributed by atoms with Gasteiger partial charge in [0.2, 0.25) is 5.96 Å². The molecule has 1 unspecified atom stereocenters. The van der Waals surface area contributed by atoms with E-state index in [9.17, 15) is 4.79 Å². The molecule has 1 aromatic rings. The van der Waals surface area contributed by atoms with E-state index in [1.54, 1.807) is 0 Å². The smallest absolute Gasteiger partial charge is 0.417 e. The van der Waals surface area contributed by atoms with Gasteiger partial charge in [0.05, 0.1) is 12.6 Å². The third-order valence-corrected chi connectivity index (χ3v) is 3.61. The van der Waals surface area contributed by atoms with Gasteiger partial charge >= 0.3 is 6.09 Å². The number of carbonyl (C=O) groups excluding carboxylic acids is 1. The lowest BCUT2D eigenvalue weighted by atomic mass is 10.2. The molecule has 1 aliphatic heterocycles. The van der Waals surface area contributed by atoms with E-state index in [0.29, 0.717) is 6.54 Å². The molecule has 0 bridgehead atoms. The van der Waals surface area contributed by atoms with Crippen molar-refractivity contribution in [1.29, 1.82) is 0 Å². The molecule has 96 valence electrons. The van der Waals surface area contributed by atoms with Crippen LogP contribution in [-0.4, -0.2) is 34.0 Å². The van der Waals surface area contributed by atoms with E-state index >= 15 is 0 Å². The van der Waals surface area contributed by atoms with E-state index in [1.165, 1.54) is 4.90 Å². The fourth-order valence-corrected chi connectivity index (χ4v) is 2.13. The molecule has 1 heterocycles. The summed E-state index contributed by atoms with van der Waals surface area (Å²) in [6.45, 7) is 0.751. The summed E-state index contributed by atoms with van der Waals surface area (Å²) in [4.78, 5) is 17.4. The van der Waals surface area contributed by atoms with Gasteiger partial charge < -0.3 is 10.5 Å². The van der Waals surface area contributed by atoms with Crippen LogP contribution in [-0.2, 0) is 11.3 Å². The van der Waals surface area contributed by atoms with Crippen molar-refractivity contribution < 1.29 is 9.53 Å². The number of halogens is 1.